The van der Waals surface area contributed by atoms with Crippen LogP contribution in [0.25, 0.3) is 0 Å². The fourth-order valence-corrected chi connectivity index (χ4v) is 2.40. The van der Waals surface area contributed by atoms with E-state index in [1.54, 1.807) is 0 Å². The summed E-state index contributed by atoms with van der Waals surface area (Å²) >= 11 is 6.22. The molecule has 1 aromatic rings. The second kappa shape index (κ2) is 7.24. The molecule has 19 heavy (non-hydrogen) atoms. The zero-order valence-electron chi connectivity index (χ0n) is 11.2. The quantitative estimate of drug-likeness (QED) is 0.556. The predicted molar refractivity (Wildman–Crippen MR) is 75.8 cm³/mol. The molecular weight excluding hydrogens is 266 g/mol. The van der Waals surface area contributed by atoms with Crippen LogP contribution < -0.4 is 5.32 Å². The molecule has 1 rings (SSSR count). The van der Waals surface area contributed by atoms with Gasteiger partial charge in [0.1, 0.15) is 0 Å². The van der Waals surface area contributed by atoms with Crippen LogP contribution in [0.3, 0.4) is 0 Å². The summed E-state index contributed by atoms with van der Waals surface area (Å²) in [5, 5.41) is 21.5. The lowest BCUT2D eigenvalue weighted by Gasteiger charge is -2.19. The van der Waals surface area contributed by atoms with Crippen molar-refractivity contribution >= 4 is 17.5 Å². The number of hydrogen-bond acceptors (Lipinski definition) is 3. The summed E-state index contributed by atoms with van der Waals surface area (Å²) in [6.45, 7) is 4.46. The van der Waals surface area contributed by atoms with Gasteiger partial charge >= 0.3 is 0 Å². The number of benzene rings is 1. The molecule has 0 aliphatic heterocycles. The number of amides is 1. The second-order valence-corrected chi connectivity index (χ2v) is 5.04. The van der Waals surface area contributed by atoms with Crippen molar-refractivity contribution < 1.29 is 15.0 Å². The molecule has 0 fully saturated rings. The van der Waals surface area contributed by atoms with E-state index in [4.69, 9.17) is 11.6 Å². The van der Waals surface area contributed by atoms with Crippen molar-refractivity contribution in [3.8, 4) is 11.5 Å². The predicted octanol–water partition coefficient (Wildman–Crippen LogP) is 2.87. The minimum atomic E-state index is -0.440. The SMILES string of the molecule is CCC(CC)C(Cl)CNC(=O)c1cccc(O)c1O. The summed E-state index contributed by atoms with van der Waals surface area (Å²) in [4.78, 5) is 11.9. The number of phenolic OH excluding ortho intramolecular Hbond substituents is 2. The molecule has 0 heterocycles. The first kappa shape index (κ1) is 15.6. The fourth-order valence-electron chi connectivity index (χ4n) is 1.97. The van der Waals surface area contributed by atoms with Crippen LogP contribution in [0.1, 0.15) is 37.0 Å². The van der Waals surface area contributed by atoms with Gasteiger partial charge in [0.15, 0.2) is 11.5 Å². The van der Waals surface area contributed by atoms with E-state index < -0.39 is 11.7 Å². The summed E-state index contributed by atoms with van der Waals surface area (Å²) in [7, 11) is 0. The van der Waals surface area contributed by atoms with Gasteiger partial charge in [-0.15, -0.1) is 11.6 Å². The van der Waals surface area contributed by atoms with Crippen LogP contribution in [0.15, 0.2) is 18.2 Å². The van der Waals surface area contributed by atoms with Crippen molar-refractivity contribution in [2.75, 3.05) is 6.54 Å². The van der Waals surface area contributed by atoms with Crippen molar-refractivity contribution in [1.29, 1.82) is 0 Å². The van der Waals surface area contributed by atoms with Crippen LogP contribution in [-0.2, 0) is 0 Å². The number of nitrogens with one attached hydrogen (secondary N) is 1. The van der Waals surface area contributed by atoms with Crippen LogP contribution in [-0.4, -0.2) is 28.0 Å². The molecule has 0 spiro atoms. The molecule has 0 aromatic heterocycles. The van der Waals surface area contributed by atoms with E-state index in [1.165, 1.54) is 18.2 Å². The highest BCUT2D eigenvalue weighted by Crippen LogP contribution is 2.28. The molecule has 1 unspecified atom stereocenters. The largest absolute Gasteiger partial charge is 0.504 e. The molecule has 0 aliphatic carbocycles. The topological polar surface area (TPSA) is 69.6 Å². The maximum Gasteiger partial charge on any atom is 0.255 e. The van der Waals surface area contributed by atoms with Gasteiger partial charge in [-0.2, -0.15) is 0 Å². The van der Waals surface area contributed by atoms with E-state index in [-0.39, 0.29) is 16.7 Å². The summed E-state index contributed by atoms with van der Waals surface area (Å²) in [6, 6.07) is 4.27. The molecule has 3 N–H and O–H groups in total. The zero-order valence-corrected chi connectivity index (χ0v) is 11.9. The van der Waals surface area contributed by atoms with Crippen LogP contribution in [0.4, 0.5) is 0 Å². The number of aromatic hydroxyl groups is 2. The minimum Gasteiger partial charge on any atom is -0.504 e. The van der Waals surface area contributed by atoms with Gasteiger partial charge in [-0.05, 0) is 18.1 Å². The number of rotatable bonds is 6. The summed E-state index contributed by atoms with van der Waals surface area (Å²) < 4.78 is 0. The molecular formula is C14H20ClNO3. The third kappa shape index (κ3) is 4.03. The number of alkyl halides is 1. The smallest absolute Gasteiger partial charge is 0.255 e. The van der Waals surface area contributed by atoms with Crippen molar-refractivity contribution in [3.63, 3.8) is 0 Å². The second-order valence-electron chi connectivity index (χ2n) is 4.48. The van der Waals surface area contributed by atoms with Gasteiger partial charge in [-0.3, -0.25) is 4.79 Å². The highest BCUT2D eigenvalue weighted by molar-refractivity contribution is 6.21. The molecule has 0 aliphatic rings. The lowest BCUT2D eigenvalue weighted by atomic mass is 9.99. The minimum absolute atomic E-state index is 0.0495. The van der Waals surface area contributed by atoms with E-state index in [9.17, 15) is 15.0 Å². The monoisotopic (exact) mass is 285 g/mol. The summed E-state index contributed by atoms with van der Waals surface area (Å²) in [5.74, 6) is -0.812. The number of hydrogen-bond donors (Lipinski definition) is 3. The molecule has 106 valence electrons. The first-order valence-electron chi connectivity index (χ1n) is 6.44. The lowest BCUT2D eigenvalue weighted by Crippen LogP contribution is -2.33. The molecule has 4 nitrogen and oxygen atoms in total. The first-order valence-corrected chi connectivity index (χ1v) is 6.88. The van der Waals surface area contributed by atoms with E-state index >= 15 is 0 Å². The lowest BCUT2D eigenvalue weighted by molar-refractivity contribution is 0.0948. The zero-order chi connectivity index (χ0) is 14.4. The average molecular weight is 286 g/mol. The third-order valence-corrected chi connectivity index (χ3v) is 3.79. The average Bonchev–Trinajstić information content (AvgIpc) is 2.40. The molecule has 0 saturated carbocycles. The Kier molecular flexibility index (Phi) is 5.96. The van der Waals surface area contributed by atoms with Crippen LogP contribution >= 0.6 is 11.6 Å². The van der Waals surface area contributed by atoms with Crippen molar-refractivity contribution in [2.24, 2.45) is 5.92 Å². The highest BCUT2D eigenvalue weighted by atomic mass is 35.5. The number of para-hydroxylation sites is 1. The Morgan fingerprint density at radius 3 is 2.53 bits per heavy atom. The van der Waals surface area contributed by atoms with E-state index in [0.717, 1.165) is 12.8 Å². The van der Waals surface area contributed by atoms with Crippen LogP contribution in [0.5, 0.6) is 11.5 Å². The van der Waals surface area contributed by atoms with Crippen molar-refractivity contribution in [1.82, 2.24) is 5.32 Å². The Morgan fingerprint density at radius 1 is 1.32 bits per heavy atom. The van der Waals surface area contributed by atoms with Gasteiger partial charge in [0, 0.05) is 6.54 Å². The Balaban J connectivity index is 2.63. The standard InChI is InChI=1S/C14H20ClNO3/c1-3-9(4-2)11(15)8-16-14(19)10-6-5-7-12(17)13(10)18/h5-7,9,11,17-18H,3-4,8H2,1-2H3,(H,16,19). The summed E-state index contributed by atoms with van der Waals surface area (Å²) in [6.07, 6.45) is 1.91. The third-order valence-electron chi connectivity index (χ3n) is 3.28. The Bertz CT molecular complexity index is 433. The normalized spacial score (nSPS) is 12.4. The molecule has 0 saturated heterocycles. The van der Waals surface area contributed by atoms with Gasteiger partial charge in [0.05, 0.1) is 10.9 Å². The molecule has 5 heteroatoms. The highest BCUT2D eigenvalue weighted by Gasteiger charge is 2.18. The Morgan fingerprint density at radius 2 is 1.95 bits per heavy atom. The number of phenols is 2. The van der Waals surface area contributed by atoms with Gasteiger partial charge in [0.25, 0.3) is 5.91 Å². The fraction of sp³-hybridized carbons (Fsp3) is 0.500. The molecule has 0 radical (unpaired) electrons. The Labute approximate surface area is 118 Å². The van der Waals surface area contributed by atoms with E-state index in [2.05, 4.69) is 19.2 Å². The van der Waals surface area contributed by atoms with Gasteiger partial charge in [-0.25, -0.2) is 0 Å². The van der Waals surface area contributed by atoms with Gasteiger partial charge in [-0.1, -0.05) is 32.8 Å². The Hall–Kier alpha value is -1.42. The maximum atomic E-state index is 11.9. The molecule has 0 bridgehead atoms. The van der Waals surface area contributed by atoms with Crippen molar-refractivity contribution in [2.45, 2.75) is 32.1 Å². The molecule has 1 amide bonds. The van der Waals surface area contributed by atoms with E-state index in [0.29, 0.717) is 12.5 Å². The van der Waals surface area contributed by atoms with Gasteiger partial charge in [0.2, 0.25) is 0 Å². The molecule has 1 atom stereocenters. The summed E-state index contributed by atoms with van der Waals surface area (Å²) in [5.41, 5.74) is 0.0495. The van der Waals surface area contributed by atoms with Crippen LogP contribution in [0, 0.1) is 5.92 Å². The number of carbonyl (C=O) groups is 1. The first-order chi connectivity index (χ1) is 9.01. The number of carbonyl (C=O) groups excluding carboxylic acids is 1. The number of halogens is 1. The van der Waals surface area contributed by atoms with Crippen molar-refractivity contribution in [3.05, 3.63) is 23.8 Å². The van der Waals surface area contributed by atoms with E-state index in [1.807, 2.05) is 0 Å². The molecule has 1 aromatic carbocycles. The van der Waals surface area contributed by atoms with Gasteiger partial charge < -0.3 is 15.5 Å². The van der Waals surface area contributed by atoms with Crippen LogP contribution in [0.2, 0.25) is 0 Å². The maximum absolute atomic E-state index is 11.9.